The Kier molecular flexibility index (Phi) is 4.50. The second kappa shape index (κ2) is 6.72. The van der Waals surface area contributed by atoms with Crippen molar-refractivity contribution in [3.05, 3.63) is 53.0 Å². The van der Waals surface area contributed by atoms with Gasteiger partial charge in [0.05, 0.1) is 6.04 Å². The van der Waals surface area contributed by atoms with Gasteiger partial charge in [-0.15, -0.1) is 0 Å². The van der Waals surface area contributed by atoms with Crippen LogP contribution in [0.1, 0.15) is 30.9 Å². The summed E-state index contributed by atoms with van der Waals surface area (Å²) in [7, 11) is 0. The van der Waals surface area contributed by atoms with Crippen LogP contribution in [-0.2, 0) is 4.79 Å². The zero-order chi connectivity index (χ0) is 14.5. The van der Waals surface area contributed by atoms with E-state index in [2.05, 4.69) is 39.4 Å². The highest BCUT2D eigenvalue weighted by Gasteiger charge is 2.21. The third kappa shape index (κ3) is 3.42. The van der Waals surface area contributed by atoms with Crippen LogP contribution in [-0.4, -0.2) is 22.2 Å². The average Bonchev–Trinajstić information content (AvgIpc) is 3.22. The van der Waals surface area contributed by atoms with Crippen molar-refractivity contribution < 1.29 is 4.79 Å². The van der Waals surface area contributed by atoms with Gasteiger partial charge in [0.1, 0.15) is 0 Å². The van der Waals surface area contributed by atoms with Gasteiger partial charge in [0, 0.05) is 24.9 Å². The molecule has 3 rings (SSSR count). The standard InChI is InChI=1S/C16H19N3OS/c20-16(13-5-2-1-3-6-13)17-11-15(14-7-10-21-12-14)19-9-4-8-18-19/h1-2,4,7-10,12-13,15H,3,5-6,11H2,(H,17,20)/t13-,15+/m1/s1. The van der Waals surface area contributed by atoms with Gasteiger partial charge in [0.25, 0.3) is 0 Å². The van der Waals surface area contributed by atoms with Gasteiger partial charge >= 0.3 is 0 Å². The van der Waals surface area contributed by atoms with E-state index in [-0.39, 0.29) is 17.9 Å². The monoisotopic (exact) mass is 301 g/mol. The smallest absolute Gasteiger partial charge is 0.223 e. The Hall–Kier alpha value is -1.88. The predicted octanol–water partition coefficient (Wildman–Crippen LogP) is 3.01. The fourth-order valence-electron chi connectivity index (χ4n) is 2.67. The lowest BCUT2D eigenvalue weighted by Crippen LogP contribution is -2.36. The number of hydrogen-bond acceptors (Lipinski definition) is 3. The van der Waals surface area contributed by atoms with Crippen molar-refractivity contribution in [1.82, 2.24) is 15.1 Å². The molecule has 1 aliphatic carbocycles. The summed E-state index contributed by atoms with van der Waals surface area (Å²) < 4.78 is 1.91. The molecular weight excluding hydrogens is 282 g/mol. The van der Waals surface area contributed by atoms with Crippen molar-refractivity contribution in [1.29, 1.82) is 0 Å². The van der Waals surface area contributed by atoms with Crippen LogP contribution in [0.25, 0.3) is 0 Å². The number of carbonyl (C=O) groups is 1. The van der Waals surface area contributed by atoms with E-state index in [0.29, 0.717) is 6.54 Å². The number of hydrogen-bond donors (Lipinski definition) is 1. The second-order valence-electron chi connectivity index (χ2n) is 5.29. The SMILES string of the molecule is O=C(NC[C@@H](c1ccsc1)n1cccn1)[C@@H]1CC=CCC1. The molecule has 2 heterocycles. The van der Waals surface area contributed by atoms with Crippen molar-refractivity contribution >= 4 is 17.2 Å². The number of allylic oxidation sites excluding steroid dienone is 2. The molecule has 4 nitrogen and oxygen atoms in total. The first-order valence-corrected chi connectivity index (χ1v) is 8.23. The first kappa shape index (κ1) is 14.1. The molecule has 2 aromatic rings. The van der Waals surface area contributed by atoms with Crippen molar-refractivity contribution in [3.63, 3.8) is 0 Å². The van der Waals surface area contributed by atoms with Crippen LogP contribution in [0, 0.1) is 5.92 Å². The summed E-state index contributed by atoms with van der Waals surface area (Å²) >= 11 is 1.66. The zero-order valence-electron chi connectivity index (χ0n) is 11.8. The van der Waals surface area contributed by atoms with Crippen molar-refractivity contribution in [2.45, 2.75) is 25.3 Å². The van der Waals surface area contributed by atoms with E-state index in [1.54, 1.807) is 17.5 Å². The Morgan fingerprint density at radius 1 is 1.52 bits per heavy atom. The van der Waals surface area contributed by atoms with E-state index in [4.69, 9.17) is 0 Å². The fraction of sp³-hybridized carbons (Fsp3) is 0.375. The summed E-state index contributed by atoms with van der Waals surface area (Å²) in [5, 5.41) is 11.6. The Balaban J connectivity index is 1.65. The number of nitrogens with zero attached hydrogens (tertiary/aromatic N) is 2. The third-order valence-corrected chi connectivity index (χ3v) is 4.58. The van der Waals surface area contributed by atoms with E-state index in [1.807, 2.05) is 16.9 Å². The van der Waals surface area contributed by atoms with Gasteiger partial charge in [-0.1, -0.05) is 12.2 Å². The Morgan fingerprint density at radius 2 is 2.48 bits per heavy atom. The number of nitrogens with one attached hydrogen (secondary N) is 1. The summed E-state index contributed by atoms with van der Waals surface area (Å²) in [6.07, 6.45) is 10.8. The first-order chi connectivity index (χ1) is 10.3. The van der Waals surface area contributed by atoms with Crippen molar-refractivity contribution in [2.24, 2.45) is 5.92 Å². The molecule has 0 fully saturated rings. The molecule has 0 aliphatic heterocycles. The van der Waals surface area contributed by atoms with Gasteiger partial charge in [0.15, 0.2) is 0 Å². The Morgan fingerprint density at radius 3 is 3.14 bits per heavy atom. The van der Waals surface area contributed by atoms with E-state index < -0.39 is 0 Å². The highest BCUT2D eigenvalue weighted by molar-refractivity contribution is 7.07. The third-order valence-electron chi connectivity index (χ3n) is 3.88. The Bertz CT molecular complexity index is 555. The number of amides is 1. The van der Waals surface area contributed by atoms with Gasteiger partial charge in [-0.3, -0.25) is 9.48 Å². The minimum absolute atomic E-state index is 0.0642. The maximum Gasteiger partial charge on any atom is 0.223 e. The first-order valence-electron chi connectivity index (χ1n) is 7.28. The molecular formula is C16H19N3OS. The molecule has 0 unspecified atom stereocenters. The summed E-state index contributed by atoms with van der Waals surface area (Å²) in [5.74, 6) is 0.280. The molecule has 0 saturated heterocycles. The molecule has 2 aromatic heterocycles. The van der Waals surface area contributed by atoms with Gasteiger partial charge in [-0.25, -0.2) is 0 Å². The fourth-order valence-corrected chi connectivity index (χ4v) is 3.37. The number of thiophene rings is 1. The average molecular weight is 301 g/mol. The highest BCUT2D eigenvalue weighted by Crippen LogP contribution is 2.21. The van der Waals surface area contributed by atoms with Crippen LogP contribution in [0.3, 0.4) is 0 Å². The Labute approximate surface area is 128 Å². The maximum absolute atomic E-state index is 12.3. The molecule has 21 heavy (non-hydrogen) atoms. The summed E-state index contributed by atoms with van der Waals surface area (Å²) in [5.41, 5.74) is 1.19. The van der Waals surface area contributed by atoms with Gasteiger partial charge < -0.3 is 5.32 Å². The lowest BCUT2D eigenvalue weighted by atomic mass is 9.93. The largest absolute Gasteiger partial charge is 0.353 e. The lowest BCUT2D eigenvalue weighted by Gasteiger charge is -2.21. The van der Waals surface area contributed by atoms with Crippen LogP contribution >= 0.6 is 11.3 Å². The molecule has 0 saturated carbocycles. The van der Waals surface area contributed by atoms with E-state index in [9.17, 15) is 4.79 Å². The lowest BCUT2D eigenvalue weighted by molar-refractivity contribution is -0.125. The van der Waals surface area contributed by atoms with Crippen LogP contribution in [0.2, 0.25) is 0 Å². The predicted molar refractivity (Wildman–Crippen MR) is 84.2 cm³/mol. The molecule has 0 aromatic carbocycles. The van der Waals surface area contributed by atoms with Gasteiger partial charge in [0.2, 0.25) is 5.91 Å². The molecule has 2 atom stereocenters. The van der Waals surface area contributed by atoms with E-state index in [0.717, 1.165) is 19.3 Å². The van der Waals surface area contributed by atoms with Gasteiger partial charge in [-0.05, 0) is 47.7 Å². The molecule has 0 radical (unpaired) electrons. The molecule has 1 N–H and O–H groups in total. The number of aromatic nitrogens is 2. The normalized spacial score (nSPS) is 19.3. The highest BCUT2D eigenvalue weighted by atomic mass is 32.1. The zero-order valence-corrected chi connectivity index (χ0v) is 12.6. The van der Waals surface area contributed by atoms with Crippen molar-refractivity contribution in [3.8, 4) is 0 Å². The quantitative estimate of drug-likeness (QED) is 0.863. The van der Waals surface area contributed by atoms with E-state index >= 15 is 0 Å². The summed E-state index contributed by atoms with van der Waals surface area (Å²) in [6, 6.07) is 4.06. The van der Waals surface area contributed by atoms with Crippen LogP contribution in [0.15, 0.2) is 47.4 Å². The van der Waals surface area contributed by atoms with Gasteiger partial charge in [-0.2, -0.15) is 16.4 Å². The summed E-state index contributed by atoms with van der Waals surface area (Å²) in [6.45, 7) is 0.581. The van der Waals surface area contributed by atoms with E-state index in [1.165, 1.54) is 5.56 Å². The van der Waals surface area contributed by atoms with Crippen LogP contribution in [0.5, 0.6) is 0 Å². The molecule has 110 valence electrons. The molecule has 5 heteroatoms. The molecule has 0 spiro atoms. The molecule has 1 aliphatic rings. The van der Waals surface area contributed by atoms with Crippen LogP contribution in [0.4, 0.5) is 0 Å². The maximum atomic E-state index is 12.3. The van der Waals surface area contributed by atoms with Crippen molar-refractivity contribution in [2.75, 3.05) is 6.54 Å². The minimum atomic E-state index is 0.0642. The molecule has 0 bridgehead atoms. The number of carbonyl (C=O) groups excluding carboxylic acids is 1. The number of rotatable bonds is 5. The van der Waals surface area contributed by atoms with Crippen LogP contribution < -0.4 is 5.32 Å². The molecule has 1 amide bonds. The summed E-state index contributed by atoms with van der Waals surface area (Å²) in [4.78, 5) is 12.3. The topological polar surface area (TPSA) is 46.9 Å². The second-order valence-corrected chi connectivity index (χ2v) is 6.07. The minimum Gasteiger partial charge on any atom is -0.353 e.